The Morgan fingerprint density at radius 2 is 2.38 bits per heavy atom. The van der Waals surface area contributed by atoms with Crippen molar-refractivity contribution in [2.75, 3.05) is 7.05 Å². The van der Waals surface area contributed by atoms with Crippen LogP contribution < -0.4 is 5.32 Å². The number of thiophene rings is 1. The van der Waals surface area contributed by atoms with Crippen LogP contribution in [0.1, 0.15) is 24.1 Å². The Bertz CT molecular complexity index is 297. The van der Waals surface area contributed by atoms with Crippen molar-refractivity contribution in [2.24, 2.45) is 5.92 Å². The largest absolute Gasteiger partial charge is 0.317 e. The summed E-state index contributed by atoms with van der Waals surface area (Å²) in [6.07, 6.45) is 1.30. The third kappa shape index (κ3) is 1.69. The number of rotatable bonds is 2. The first kappa shape index (κ1) is 9.69. The summed E-state index contributed by atoms with van der Waals surface area (Å²) in [6, 6.07) is 2.99. The van der Waals surface area contributed by atoms with E-state index in [4.69, 9.17) is 0 Å². The van der Waals surface area contributed by atoms with Crippen LogP contribution in [-0.4, -0.2) is 13.1 Å². The predicted octanol–water partition coefficient (Wildman–Crippen LogP) is 3.22. The number of hydrogen-bond donors (Lipinski definition) is 1. The Morgan fingerprint density at radius 3 is 2.85 bits per heavy atom. The zero-order valence-electron chi connectivity index (χ0n) is 7.88. The zero-order chi connectivity index (χ0) is 9.42. The second-order valence-corrected chi connectivity index (χ2v) is 5.62. The lowest BCUT2D eigenvalue weighted by Crippen LogP contribution is -2.45. The maximum Gasteiger partial charge on any atom is 0.0285 e. The zero-order valence-corrected chi connectivity index (χ0v) is 10.3. The first-order chi connectivity index (χ1) is 6.22. The van der Waals surface area contributed by atoms with Gasteiger partial charge < -0.3 is 5.32 Å². The van der Waals surface area contributed by atoms with Crippen molar-refractivity contribution in [3.05, 3.63) is 20.8 Å². The van der Waals surface area contributed by atoms with E-state index in [0.29, 0.717) is 0 Å². The van der Waals surface area contributed by atoms with Crippen LogP contribution >= 0.6 is 27.3 Å². The van der Waals surface area contributed by atoms with Gasteiger partial charge >= 0.3 is 0 Å². The Hall–Kier alpha value is 0.140. The molecule has 1 nitrogen and oxygen atoms in total. The van der Waals surface area contributed by atoms with Crippen LogP contribution in [-0.2, 0) is 0 Å². The van der Waals surface area contributed by atoms with Crippen LogP contribution in [0.5, 0.6) is 0 Å². The molecule has 3 unspecified atom stereocenters. The van der Waals surface area contributed by atoms with Crippen LogP contribution in [0.2, 0.25) is 0 Å². The fourth-order valence-electron chi connectivity index (χ4n) is 2.07. The summed E-state index contributed by atoms with van der Waals surface area (Å²) >= 11 is 5.38. The molecule has 1 fully saturated rings. The van der Waals surface area contributed by atoms with E-state index in [1.54, 1.807) is 0 Å². The average Bonchev–Trinajstić information content (AvgIpc) is 2.50. The van der Waals surface area contributed by atoms with E-state index in [-0.39, 0.29) is 0 Å². The van der Waals surface area contributed by atoms with E-state index in [1.807, 2.05) is 11.3 Å². The van der Waals surface area contributed by atoms with Crippen LogP contribution in [0.3, 0.4) is 0 Å². The number of halogens is 1. The Morgan fingerprint density at radius 1 is 1.62 bits per heavy atom. The highest BCUT2D eigenvalue weighted by Crippen LogP contribution is 2.44. The first-order valence-corrected chi connectivity index (χ1v) is 6.31. The molecular weight excluding hydrogens is 246 g/mol. The molecule has 0 amide bonds. The molecule has 0 aliphatic heterocycles. The van der Waals surface area contributed by atoms with Gasteiger partial charge in [0.25, 0.3) is 0 Å². The molecule has 0 spiro atoms. The minimum atomic E-state index is 0.728. The molecule has 13 heavy (non-hydrogen) atoms. The SMILES string of the molecule is CNC1CC(c2cc(Br)cs2)C1C. The summed E-state index contributed by atoms with van der Waals surface area (Å²) in [7, 11) is 2.06. The fourth-order valence-corrected chi connectivity index (χ4v) is 3.74. The van der Waals surface area contributed by atoms with Gasteiger partial charge in [-0.1, -0.05) is 6.92 Å². The lowest BCUT2D eigenvalue weighted by Gasteiger charge is -2.42. The molecule has 1 aromatic heterocycles. The highest BCUT2D eigenvalue weighted by Gasteiger charge is 2.38. The monoisotopic (exact) mass is 259 g/mol. The normalized spacial score (nSPS) is 33.0. The van der Waals surface area contributed by atoms with Crippen LogP contribution in [0.4, 0.5) is 0 Å². The summed E-state index contributed by atoms with van der Waals surface area (Å²) in [5, 5.41) is 5.53. The Kier molecular flexibility index (Phi) is 2.77. The maximum atomic E-state index is 3.50. The summed E-state index contributed by atoms with van der Waals surface area (Å²) < 4.78 is 1.23. The summed E-state index contributed by atoms with van der Waals surface area (Å²) in [4.78, 5) is 1.53. The van der Waals surface area contributed by atoms with E-state index in [1.165, 1.54) is 15.8 Å². The van der Waals surface area contributed by atoms with Crippen molar-refractivity contribution in [1.29, 1.82) is 0 Å². The Labute approximate surface area is 91.7 Å². The van der Waals surface area contributed by atoms with Crippen LogP contribution in [0, 0.1) is 5.92 Å². The molecular formula is C10H14BrNS. The molecule has 1 aromatic rings. The van der Waals surface area contributed by atoms with Crippen molar-refractivity contribution in [3.8, 4) is 0 Å². The van der Waals surface area contributed by atoms with E-state index < -0.39 is 0 Å². The van der Waals surface area contributed by atoms with Crippen LogP contribution in [0.15, 0.2) is 15.9 Å². The van der Waals surface area contributed by atoms with Gasteiger partial charge in [-0.25, -0.2) is 0 Å². The van der Waals surface area contributed by atoms with Crippen molar-refractivity contribution in [3.63, 3.8) is 0 Å². The van der Waals surface area contributed by atoms with Gasteiger partial charge in [0.2, 0.25) is 0 Å². The van der Waals surface area contributed by atoms with Gasteiger partial charge in [-0.2, -0.15) is 0 Å². The lowest BCUT2D eigenvalue weighted by atomic mass is 9.70. The molecule has 1 aliphatic rings. The molecule has 3 atom stereocenters. The molecule has 72 valence electrons. The topological polar surface area (TPSA) is 12.0 Å². The smallest absolute Gasteiger partial charge is 0.0285 e. The molecule has 1 aliphatic carbocycles. The molecule has 2 rings (SSSR count). The van der Waals surface area contributed by atoms with Crippen molar-refractivity contribution >= 4 is 27.3 Å². The van der Waals surface area contributed by atoms with E-state index in [2.05, 4.69) is 46.7 Å². The van der Waals surface area contributed by atoms with E-state index in [9.17, 15) is 0 Å². The molecule has 0 bridgehead atoms. The standard InChI is InChI=1S/C10H14BrNS/c1-6-8(4-9(6)12-2)10-3-7(11)5-13-10/h3,5-6,8-9,12H,4H2,1-2H3. The lowest BCUT2D eigenvalue weighted by molar-refractivity contribution is 0.197. The molecule has 0 saturated heterocycles. The summed E-state index contributed by atoms with van der Waals surface area (Å²) in [6.45, 7) is 2.34. The molecule has 1 saturated carbocycles. The second-order valence-electron chi connectivity index (χ2n) is 3.76. The van der Waals surface area contributed by atoms with Gasteiger partial charge in [0.15, 0.2) is 0 Å². The van der Waals surface area contributed by atoms with E-state index >= 15 is 0 Å². The minimum Gasteiger partial charge on any atom is -0.317 e. The quantitative estimate of drug-likeness (QED) is 0.860. The molecule has 0 radical (unpaired) electrons. The Balaban J connectivity index is 2.05. The first-order valence-electron chi connectivity index (χ1n) is 4.63. The predicted molar refractivity (Wildman–Crippen MR) is 61.4 cm³/mol. The highest BCUT2D eigenvalue weighted by molar-refractivity contribution is 9.10. The van der Waals surface area contributed by atoms with Gasteiger partial charge in [-0.05, 0) is 47.3 Å². The number of nitrogens with one attached hydrogen (secondary N) is 1. The summed E-state index contributed by atoms with van der Waals surface area (Å²) in [5.74, 6) is 1.57. The summed E-state index contributed by atoms with van der Waals surface area (Å²) in [5.41, 5.74) is 0. The molecule has 3 heteroatoms. The van der Waals surface area contributed by atoms with Gasteiger partial charge in [-0.15, -0.1) is 11.3 Å². The third-order valence-electron chi connectivity index (χ3n) is 3.10. The third-order valence-corrected chi connectivity index (χ3v) is 4.93. The van der Waals surface area contributed by atoms with Crippen molar-refractivity contribution < 1.29 is 0 Å². The van der Waals surface area contributed by atoms with Gasteiger partial charge in [0.05, 0.1) is 0 Å². The average molecular weight is 260 g/mol. The van der Waals surface area contributed by atoms with E-state index in [0.717, 1.165) is 17.9 Å². The second kappa shape index (κ2) is 3.71. The van der Waals surface area contributed by atoms with Gasteiger partial charge in [-0.3, -0.25) is 0 Å². The molecule has 1 heterocycles. The number of hydrogen-bond acceptors (Lipinski definition) is 2. The fraction of sp³-hybridized carbons (Fsp3) is 0.600. The molecule has 0 aromatic carbocycles. The van der Waals surface area contributed by atoms with Crippen molar-refractivity contribution in [1.82, 2.24) is 5.32 Å². The van der Waals surface area contributed by atoms with Crippen molar-refractivity contribution in [2.45, 2.75) is 25.3 Å². The highest BCUT2D eigenvalue weighted by atomic mass is 79.9. The molecule has 1 N–H and O–H groups in total. The van der Waals surface area contributed by atoms with Crippen LogP contribution in [0.25, 0.3) is 0 Å². The van der Waals surface area contributed by atoms with Gasteiger partial charge in [0.1, 0.15) is 0 Å². The minimum absolute atomic E-state index is 0.728. The maximum absolute atomic E-state index is 3.50. The van der Waals surface area contributed by atoms with Gasteiger partial charge in [0, 0.05) is 20.8 Å².